The summed E-state index contributed by atoms with van der Waals surface area (Å²) in [5.41, 5.74) is 3.97. The van der Waals surface area contributed by atoms with Gasteiger partial charge < -0.3 is 0 Å². The zero-order chi connectivity index (χ0) is 11.7. The number of benzene rings is 1. The van der Waals surface area contributed by atoms with Crippen molar-refractivity contribution in [1.29, 1.82) is 0 Å². The Balaban J connectivity index is 1.98. The summed E-state index contributed by atoms with van der Waals surface area (Å²) in [6, 6.07) is 10.7. The first-order chi connectivity index (χ1) is 8.28. The molecule has 0 saturated heterocycles. The maximum absolute atomic E-state index is 4.40. The number of hydrogen-bond acceptors (Lipinski definition) is 2. The summed E-state index contributed by atoms with van der Waals surface area (Å²) in [6.45, 7) is 2.33. The lowest BCUT2D eigenvalue weighted by Crippen LogP contribution is -2.30. The Hall–Kier alpha value is -1.70. The van der Waals surface area contributed by atoms with E-state index in [2.05, 4.69) is 53.4 Å². The van der Waals surface area contributed by atoms with Crippen LogP contribution in [0, 0.1) is 6.20 Å². The summed E-state index contributed by atoms with van der Waals surface area (Å²) in [7, 11) is 0. The van der Waals surface area contributed by atoms with Crippen LogP contribution >= 0.6 is 0 Å². The van der Waals surface area contributed by atoms with Gasteiger partial charge in [0.15, 0.2) is 0 Å². The summed E-state index contributed by atoms with van der Waals surface area (Å²) in [6.07, 6.45) is 7.84. The number of hydrogen-bond donors (Lipinski definition) is 0. The molecule has 1 heterocycles. The SMILES string of the molecule is CC1(c2ccccc2)CCc2[c]ncnc2C1. The Kier molecular flexibility index (Phi) is 2.43. The largest absolute Gasteiger partial charge is 0.241 e. The lowest BCUT2D eigenvalue weighted by Gasteiger charge is -2.34. The fraction of sp³-hybridized carbons (Fsp3) is 0.333. The molecular formula is C15H15N2. The van der Waals surface area contributed by atoms with Gasteiger partial charge in [0.25, 0.3) is 0 Å². The molecule has 0 aliphatic heterocycles. The summed E-state index contributed by atoms with van der Waals surface area (Å²) >= 11 is 0. The van der Waals surface area contributed by atoms with Crippen molar-refractivity contribution < 1.29 is 0 Å². The van der Waals surface area contributed by atoms with Crippen LogP contribution in [-0.4, -0.2) is 9.97 Å². The predicted octanol–water partition coefficient (Wildman–Crippen LogP) is 2.72. The topological polar surface area (TPSA) is 25.8 Å². The van der Waals surface area contributed by atoms with Crippen LogP contribution in [0.15, 0.2) is 36.7 Å². The second-order valence-electron chi connectivity index (χ2n) is 5.01. The standard InChI is InChI=1S/C15H15N2/c1-15(13-5-3-2-4-6-13)8-7-12-10-16-11-17-14(12)9-15/h2-6,11H,7-9H2,1H3. The van der Waals surface area contributed by atoms with Gasteiger partial charge in [-0.05, 0) is 30.2 Å². The van der Waals surface area contributed by atoms with E-state index in [0.717, 1.165) is 25.0 Å². The van der Waals surface area contributed by atoms with E-state index in [9.17, 15) is 0 Å². The molecule has 1 unspecified atom stereocenters. The van der Waals surface area contributed by atoms with E-state index < -0.39 is 0 Å². The Bertz CT molecular complexity index is 521. The van der Waals surface area contributed by atoms with Crippen molar-refractivity contribution in [3.63, 3.8) is 0 Å². The van der Waals surface area contributed by atoms with Crippen LogP contribution < -0.4 is 0 Å². The molecule has 1 aromatic heterocycles. The van der Waals surface area contributed by atoms with E-state index in [4.69, 9.17) is 0 Å². The fourth-order valence-corrected chi connectivity index (χ4v) is 2.65. The zero-order valence-electron chi connectivity index (χ0n) is 9.98. The summed E-state index contributed by atoms with van der Waals surface area (Å²) in [5.74, 6) is 0. The van der Waals surface area contributed by atoms with Gasteiger partial charge in [0.2, 0.25) is 0 Å². The van der Waals surface area contributed by atoms with Gasteiger partial charge in [-0.25, -0.2) is 9.97 Å². The molecular weight excluding hydrogens is 208 g/mol. The molecule has 2 nitrogen and oxygen atoms in total. The second kappa shape index (κ2) is 3.95. The second-order valence-corrected chi connectivity index (χ2v) is 5.01. The number of aromatic nitrogens is 2. The third-order valence-corrected chi connectivity index (χ3v) is 3.77. The average molecular weight is 223 g/mol. The number of nitrogens with zero attached hydrogens (tertiary/aromatic N) is 2. The van der Waals surface area contributed by atoms with E-state index in [1.165, 1.54) is 11.1 Å². The number of rotatable bonds is 1. The average Bonchev–Trinajstić information content (AvgIpc) is 2.40. The van der Waals surface area contributed by atoms with E-state index in [-0.39, 0.29) is 5.41 Å². The smallest absolute Gasteiger partial charge is 0.116 e. The lowest BCUT2D eigenvalue weighted by molar-refractivity contribution is 0.401. The van der Waals surface area contributed by atoms with Gasteiger partial charge in [-0.2, -0.15) is 0 Å². The first-order valence-electron chi connectivity index (χ1n) is 6.04. The molecule has 0 saturated carbocycles. The van der Waals surface area contributed by atoms with Crippen molar-refractivity contribution >= 4 is 0 Å². The van der Waals surface area contributed by atoms with E-state index in [0.29, 0.717) is 0 Å². The quantitative estimate of drug-likeness (QED) is 0.743. The monoisotopic (exact) mass is 223 g/mol. The summed E-state index contributed by atoms with van der Waals surface area (Å²) in [4.78, 5) is 8.38. The molecule has 1 aliphatic carbocycles. The highest BCUT2D eigenvalue weighted by atomic mass is 14.8. The molecule has 0 bridgehead atoms. The Morgan fingerprint density at radius 3 is 2.88 bits per heavy atom. The van der Waals surface area contributed by atoms with Gasteiger partial charge >= 0.3 is 0 Å². The van der Waals surface area contributed by atoms with Crippen molar-refractivity contribution in [1.82, 2.24) is 9.97 Å². The molecule has 1 aliphatic rings. The Morgan fingerprint density at radius 1 is 1.24 bits per heavy atom. The number of aryl methyl sites for hydroxylation is 1. The highest BCUT2D eigenvalue weighted by Crippen LogP contribution is 2.36. The molecule has 1 aromatic carbocycles. The van der Waals surface area contributed by atoms with Gasteiger partial charge in [0, 0.05) is 11.3 Å². The molecule has 2 heteroatoms. The van der Waals surface area contributed by atoms with Crippen LogP contribution in [0.1, 0.15) is 30.2 Å². The molecule has 2 aromatic rings. The van der Waals surface area contributed by atoms with Crippen molar-refractivity contribution in [3.8, 4) is 0 Å². The van der Waals surface area contributed by atoms with Gasteiger partial charge in [-0.1, -0.05) is 37.3 Å². The molecule has 1 radical (unpaired) electrons. The van der Waals surface area contributed by atoms with Crippen molar-refractivity contribution in [2.75, 3.05) is 0 Å². The summed E-state index contributed by atoms with van der Waals surface area (Å²) in [5, 5.41) is 0. The normalized spacial score (nSPS) is 23.1. The Morgan fingerprint density at radius 2 is 2.06 bits per heavy atom. The first kappa shape index (κ1) is 10.5. The molecule has 17 heavy (non-hydrogen) atoms. The van der Waals surface area contributed by atoms with Crippen LogP contribution in [0.25, 0.3) is 0 Å². The van der Waals surface area contributed by atoms with E-state index >= 15 is 0 Å². The van der Waals surface area contributed by atoms with Crippen LogP contribution in [0.5, 0.6) is 0 Å². The van der Waals surface area contributed by atoms with E-state index in [1.54, 1.807) is 6.33 Å². The maximum Gasteiger partial charge on any atom is 0.116 e. The van der Waals surface area contributed by atoms with E-state index in [1.807, 2.05) is 0 Å². The molecule has 0 fully saturated rings. The van der Waals surface area contributed by atoms with Gasteiger partial charge in [0.1, 0.15) is 6.33 Å². The molecule has 0 spiro atoms. The molecule has 85 valence electrons. The summed E-state index contributed by atoms with van der Waals surface area (Å²) < 4.78 is 0. The van der Waals surface area contributed by atoms with Gasteiger partial charge in [-0.3, -0.25) is 0 Å². The fourth-order valence-electron chi connectivity index (χ4n) is 2.65. The molecule has 0 amide bonds. The van der Waals surface area contributed by atoms with Crippen molar-refractivity contribution in [3.05, 3.63) is 59.7 Å². The maximum atomic E-state index is 4.40. The molecule has 3 rings (SSSR count). The number of fused-ring (bicyclic) bond motifs is 1. The van der Waals surface area contributed by atoms with Crippen molar-refractivity contribution in [2.24, 2.45) is 0 Å². The minimum Gasteiger partial charge on any atom is -0.241 e. The van der Waals surface area contributed by atoms with Gasteiger partial charge in [-0.15, -0.1) is 0 Å². The predicted molar refractivity (Wildman–Crippen MR) is 66.7 cm³/mol. The van der Waals surface area contributed by atoms with Gasteiger partial charge in [0.05, 0.1) is 6.20 Å². The minimum atomic E-state index is 0.205. The lowest BCUT2D eigenvalue weighted by atomic mass is 9.70. The molecule has 0 N–H and O–H groups in total. The van der Waals surface area contributed by atoms with Crippen LogP contribution in [-0.2, 0) is 18.3 Å². The third kappa shape index (κ3) is 1.84. The highest BCUT2D eigenvalue weighted by Gasteiger charge is 2.32. The van der Waals surface area contributed by atoms with Crippen molar-refractivity contribution in [2.45, 2.75) is 31.6 Å². The third-order valence-electron chi connectivity index (χ3n) is 3.77. The first-order valence-corrected chi connectivity index (χ1v) is 6.04. The van der Waals surface area contributed by atoms with Crippen LogP contribution in [0.3, 0.4) is 0 Å². The zero-order valence-corrected chi connectivity index (χ0v) is 9.98. The highest BCUT2D eigenvalue weighted by molar-refractivity contribution is 5.31. The molecule has 1 atom stereocenters. The minimum absolute atomic E-state index is 0.205. The Labute approximate surface area is 102 Å². The van der Waals surface area contributed by atoms with Crippen LogP contribution in [0.4, 0.5) is 0 Å². The van der Waals surface area contributed by atoms with Crippen LogP contribution in [0.2, 0.25) is 0 Å².